The molecular weight excluding hydrogens is 517 g/mol. The highest BCUT2D eigenvalue weighted by molar-refractivity contribution is 14.1. The molecule has 3 aromatic rings. The van der Waals surface area contributed by atoms with Gasteiger partial charge in [-0.2, -0.15) is 5.10 Å². The third-order valence-electron chi connectivity index (χ3n) is 3.99. The maximum atomic E-state index is 11.9. The van der Waals surface area contributed by atoms with E-state index < -0.39 is 6.03 Å². The lowest BCUT2D eigenvalue weighted by atomic mass is 10.2. The number of hydrazone groups is 1. The van der Waals surface area contributed by atoms with Crippen LogP contribution in [0.5, 0.6) is 11.5 Å². The smallest absolute Gasteiger partial charge is 0.339 e. The van der Waals surface area contributed by atoms with Crippen LogP contribution in [0.1, 0.15) is 11.1 Å². The number of nitrogens with zero attached hydrogens (tertiary/aromatic N) is 1. The number of anilines is 1. The van der Waals surface area contributed by atoms with Crippen LogP contribution in [0, 0.1) is 3.57 Å². The van der Waals surface area contributed by atoms with Gasteiger partial charge in [-0.3, -0.25) is 0 Å². The minimum Gasteiger partial charge on any atom is -0.493 e. The minimum absolute atomic E-state index is 0.320. The summed E-state index contributed by atoms with van der Waals surface area (Å²) >= 11 is 8.36. The zero-order valence-electron chi connectivity index (χ0n) is 16.1. The van der Waals surface area contributed by atoms with Gasteiger partial charge in [-0.05, 0) is 58.5 Å². The van der Waals surface area contributed by atoms with Gasteiger partial charge in [-0.25, -0.2) is 10.2 Å². The lowest BCUT2D eigenvalue weighted by Gasteiger charge is -2.14. The molecule has 0 bridgehead atoms. The summed E-state index contributed by atoms with van der Waals surface area (Å²) in [5.74, 6) is 1.18. The Hall–Kier alpha value is -2.78. The average Bonchev–Trinajstić information content (AvgIpc) is 2.74. The fraction of sp³-hybridized carbons (Fsp3) is 0.0909. The van der Waals surface area contributed by atoms with E-state index in [1.807, 2.05) is 48.5 Å². The second-order valence-electron chi connectivity index (χ2n) is 6.10. The Labute approximate surface area is 193 Å². The molecule has 2 N–H and O–H groups in total. The van der Waals surface area contributed by atoms with Crippen LogP contribution >= 0.6 is 34.2 Å². The number of amides is 2. The predicted molar refractivity (Wildman–Crippen MR) is 128 cm³/mol. The first-order valence-electron chi connectivity index (χ1n) is 8.95. The minimum atomic E-state index is -0.432. The predicted octanol–water partition coefficient (Wildman–Crippen LogP) is 5.69. The van der Waals surface area contributed by atoms with Gasteiger partial charge in [-0.15, -0.1) is 0 Å². The highest BCUT2D eigenvalue weighted by Gasteiger charge is 2.12. The molecule has 0 heterocycles. The topological polar surface area (TPSA) is 72.0 Å². The van der Waals surface area contributed by atoms with Crippen LogP contribution in [-0.4, -0.2) is 19.4 Å². The Morgan fingerprint density at radius 3 is 2.60 bits per heavy atom. The number of carbonyl (C=O) groups excluding carboxylic acids is 1. The Kier molecular flexibility index (Phi) is 7.92. The van der Waals surface area contributed by atoms with Gasteiger partial charge < -0.3 is 14.8 Å². The maximum Gasteiger partial charge on any atom is 0.339 e. The molecule has 154 valence electrons. The largest absolute Gasteiger partial charge is 0.493 e. The summed E-state index contributed by atoms with van der Waals surface area (Å²) in [5, 5.41) is 7.32. The maximum absolute atomic E-state index is 11.9. The number of para-hydroxylation sites is 1. The van der Waals surface area contributed by atoms with Gasteiger partial charge in [-0.1, -0.05) is 48.0 Å². The summed E-state index contributed by atoms with van der Waals surface area (Å²) in [5.41, 5.74) is 4.75. The molecule has 0 saturated heterocycles. The van der Waals surface area contributed by atoms with Gasteiger partial charge in [0.15, 0.2) is 11.5 Å². The Bertz CT molecular complexity index is 1050. The highest BCUT2D eigenvalue weighted by Crippen LogP contribution is 2.34. The number of urea groups is 1. The SMILES string of the molecule is COc1cc(/C=N\NC(=O)Nc2ccccc2)cc(I)c1OCc1ccccc1Cl. The fourth-order valence-corrected chi connectivity index (χ4v) is 3.54. The summed E-state index contributed by atoms with van der Waals surface area (Å²) < 4.78 is 12.3. The first-order chi connectivity index (χ1) is 14.6. The van der Waals surface area contributed by atoms with E-state index in [0.717, 1.165) is 14.7 Å². The van der Waals surface area contributed by atoms with Gasteiger partial charge in [0.25, 0.3) is 0 Å². The molecule has 2 amide bonds. The molecule has 0 aliphatic rings. The van der Waals surface area contributed by atoms with Crippen LogP contribution in [-0.2, 0) is 6.61 Å². The number of hydrogen-bond donors (Lipinski definition) is 2. The van der Waals surface area contributed by atoms with E-state index in [4.69, 9.17) is 21.1 Å². The number of nitrogens with one attached hydrogen (secondary N) is 2. The van der Waals surface area contributed by atoms with Crippen LogP contribution in [0.4, 0.5) is 10.5 Å². The number of carbonyl (C=O) groups is 1. The Balaban J connectivity index is 1.65. The molecule has 0 unspecified atom stereocenters. The van der Waals surface area contributed by atoms with Crippen molar-refractivity contribution in [2.24, 2.45) is 5.10 Å². The molecule has 0 atom stereocenters. The number of benzene rings is 3. The molecule has 0 spiro atoms. The Morgan fingerprint density at radius 2 is 1.87 bits per heavy atom. The summed E-state index contributed by atoms with van der Waals surface area (Å²) in [7, 11) is 1.57. The summed E-state index contributed by atoms with van der Waals surface area (Å²) in [6.45, 7) is 0.320. The number of halogens is 2. The third kappa shape index (κ3) is 6.11. The summed E-state index contributed by atoms with van der Waals surface area (Å²) in [6.07, 6.45) is 1.53. The quantitative estimate of drug-likeness (QED) is 0.232. The molecule has 0 aliphatic carbocycles. The van der Waals surface area contributed by atoms with Crippen LogP contribution in [0.25, 0.3) is 0 Å². The molecule has 0 radical (unpaired) electrons. The van der Waals surface area contributed by atoms with E-state index in [-0.39, 0.29) is 0 Å². The van der Waals surface area contributed by atoms with E-state index in [0.29, 0.717) is 28.8 Å². The monoisotopic (exact) mass is 535 g/mol. The number of hydrogen-bond acceptors (Lipinski definition) is 4. The van der Waals surface area contributed by atoms with Crippen LogP contribution < -0.4 is 20.2 Å². The van der Waals surface area contributed by atoms with Crippen molar-refractivity contribution in [3.05, 3.63) is 86.4 Å². The molecule has 0 aromatic heterocycles. The van der Waals surface area contributed by atoms with Gasteiger partial charge in [0.05, 0.1) is 16.9 Å². The van der Waals surface area contributed by atoms with Gasteiger partial charge in [0.1, 0.15) is 6.61 Å². The van der Waals surface area contributed by atoms with E-state index in [1.54, 1.807) is 25.3 Å². The van der Waals surface area contributed by atoms with E-state index >= 15 is 0 Å². The van der Waals surface area contributed by atoms with Crippen LogP contribution in [0.3, 0.4) is 0 Å². The molecule has 3 aromatic carbocycles. The first-order valence-corrected chi connectivity index (χ1v) is 10.4. The average molecular weight is 536 g/mol. The van der Waals surface area contributed by atoms with Crippen molar-refractivity contribution in [2.45, 2.75) is 6.61 Å². The summed E-state index contributed by atoms with van der Waals surface area (Å²) in [6, 6.07) is 19.9. The number of methoxy groups -OCH3 is 1. The lowest BCUT2D eigenvalue weighted by molar-refractivity contribution is 0.252. The molecule has 30 heavy (non-hydrogen) atoms. The fourth-order valence-electron chi connectivity index (χ4n) is 2.57. The van der Waals surface area contributed by atoms with E-state index in [1.165, 1.54) is 6.21 Å². The van der Waals surface area contributed by atoms with Gasteiger partial charge >= 0.3 is 6.03 Å². The Morgan fingerprint density at radius 1 is 1.13 bits per heavy atom. The molecule has 6 nitrogen and oxygen atoms in total. The van der Waals surface area contributed by atoms with Crippen LogP contribution in [0.2, 0.25) is 5.02 Å². The second-order valence-corrected chi connectivity index (χ2v) is 7.67. The number of ether oxygens (including phenoxy) is 2. The zero-order valence-corrected chi connectivity index (χ0v) is 19.0. The van der Waals surface area contributed by atoms with Crippen molar-refractivity contribution < 1.29 is 14.3 Å². The normalized spacial score (nSPS) is 10.6. The molecule has 0 fully saturated rings. The van der Waals surface area contributed by atoms with Crippen molar-refractivity contribution in [3.63, 3.8) is 0 Å². The highest BCUT2D eigenvalue weighted by atomic mass is 127. The lowest BCUT2D eigenvalue weighted by Crippen LogP contribution is -2.24. The number of rotatable bonds is 7. The van der Waals surface area contributed by atoms with Crippen molar-refractivity contribution in [2.75, 3.05) is 12.4 Å². The van der Waals surface area contributed by atoms with Crippen molar-refractivity contribution in [1.29, 1.82) is 0 Å². The van der Waals surface area contributed by atoms with Crippen LogP contribution in [0.15, 0.2) is 71.8 Å². The molecule has 0 aliphatic heterocycles. The molecular formula is C22H19ClIN3O3. The standard InChI is InChI=1S/C22H19ClIN3O3/c1-29-20-12-15(13-25-27-22(28)26-17-8-3-2-4-9-17)11-19(24)21(20)30-14-16-7-5-6-10-18(16)23/h2-13H,14H2,1H3,(H2,26,27,28)/b25-13-. The van der Waals surface area contributed by atoms with Crippen molar-refractivity contribution in [1.82, 2.24) is 5.43 Å². The molecule has 0 saturated carbocycles. The first kappa shape index (κ1) is 21.9. The summed E-state index contributed by atoms with van der Waals surface area (Å²) in [4.78, 5) is 11.9. The van der Waals surface area contributed by atoms with Gasteiger partial charge in [0.2, 0.25) is 0 Å². The van der Waals surface area contributed by atoms with Crippen molar-refractivity contribution in [3.8, 4) is 11.5 Å². The van der Waals surface area contributed by atoms with Crippen molar-refractivity contribution >= 4 is 52.1 Å². The van der Waals surface area contributed by atoms with Gasteiger partial charge in [0, 0.05) is 16.3 Å². The van der Waals surface area contributed by atoms with E-state index in [9.17, 15) is 4.79 Å². The van der Waals surface area contributed by atoms with E-state index in [2.05, 4.69) is 38.4 Å². The zero-order chi connectivity index (χ0) is 21.3. The molecule has 3 rings (SSSR count). The third-order valence-corrected chi connectivity index (χ3v) is 5.16. The molecule has 8 heteroatoms. The second kappa shape index (κ2) is 10.8.